The number of rotatable bonds is 3. The van der Waals surface area contributed by atoms with Crippen LogP contribution < -0.4 is 5.73 Å². The predicted octanol–water partition coefficient (Wildman–Crippen LogP) is 3.07. The van der Waals surface area contributed by atoms with Crippen LogP contribution >= 0.6 is 27.7 Å². The molecule has 2 aromatic rings. The van der Waals surface area contributed by atoms with Crippen LogP contribution in [0.4, 0.5) is 0 Å². The molecule has 0 saturated heterocycles. The van der Waals surface area contributed by atoms with Crippen LogP contribution in [-0.2, 0) is 0 Å². The molecule has 0 fully saturated rings. The molecule has 2 rings (SSSR count). The van der Waals surface area contributed by atoms with Crippen LogP contribution in [0.1, 0.15) is 17.0 Å². The maximum absolute atomic E-state index is 9.02. The quantitative estimate of drug-likeness (QED) is 0.292. The number of hydrogen-bond donors (Lipinski definition) is 2. The van der Waals surface area contributed by atoms with Crippen molar-refractivity contribution in [2.45, 2.75) is 18.7 Å². The number of amidine groups is 1. The molecule has 20 heavy (non-hydrogen) atoms. The molecule has 0 atom stereocenters. The maximum atomic E-state index is 9.02. The fraction of sp³-hybridized carbons (Fsp3) is 0.231. The summed E-state index contributed by atoms with van der Waals surface area (Å²) in [5, 5.41) is 16.7. The number of oxime groups is 1. The molecule has 106 valence electrons. The number of aryl methyl sites for hydroxylation is 1. The van der Waals surface area contributed by atoms with E-state index in [1.54, 1.807) is 16.4 Å². The lowest BCUT2D eigenvalue weighted by molar-refractivity contribution is 0.318. The van der Waals surface area contributed by atoms with Crippen molar-refractivity contribution in [1.82, 2.24) is 9.78 Å². The Kier molecular flexibility index (Phi) is 4.39. The van der Waals surface area contributed by atoms with Crippen molar-refractivity contribution in [1.29, 1.82) is 0 Å². The number of aromatic nitrogens is 2. The van der Waals surface area contributed by atoms with E-state index in [4.69, 9.17) is 10.9 Å². The van der Waals surface area contributed by atoms with E-state index in [9.17, 15) is 0 Å². The lowest BCUT2D eigenvalue weighted by atomic mass is 10.1. The second-order valence-electron chi connectivity index (χ2n) is 4.24. The Morgan fingerprint density at radius 2 is 2.15 bits per heavy atom. The Hall–Kier alpha value is -1.47. The zero-order valence-electron chi connectivity index (χ0n) is 11.4. The first-order valence-electron chi connectivity index (χ1n) is 5.88. The normalized spacial score (nSPS) is 11.9. The highest BCUT2D eigenvalue weighted by Crippen LogP contribution is 2.29. The summed E-state index contributed by atoms with van der Waals surface area (Å²) in [4.78, 5) is 0.932. The van der Waals surface area contributed by atoms with Gasteiger partial charge in [-0.15, -0.1) is 11.8 Å². The molecule has 0 spiro atoms. The second-order valence-corrected chi connectivity index (χ2v) is 5.88. The summed E-state index contributed by atoms with van der Waals surface area (Å²) in [5.74, 6) is 0.0774. The number of benzene rings is 1. The summed E-state index contributed by atoms with van der Waals surface area (Å²) in [6, 6.07) is 5.76. The number of nitrogens with two attached hydrogens (primary N) is 1. The van der Waals surface area contributed by atoms with E-state index in [2.05, 4.69) is 26.2 Å². The summed E-state index contributed by atoms with van der Waals surface area (Å²) in [5.41, 5.74) is 9.17. The summed E-state index contributed by atoms with van der Waals surface area (Å²) in [6.45, 7) is 3.89. The zero-order chi connectivity index (χ0) is 14.9. The van der Waals surface area contributed by atoms with Crippen LogP contribution in [0.15, 0.2) is 32.7 Å². The molecule has 1 heterocycles. The van der Waals surface area contributed by atoms with Gasteiger partial charge in [-0.1, -0.05) is 11.2 Å². The van der Waals surface area contributed by atoms with Gasteiger partial charge in [-0.05, 0) is 48.2 Å². The van der Waals surface area contributed by atoms with Crippen LogP contribution in [0.3, 0.4) is 0 Å². The van der Waals surface area contributed by atoms with E-state index in [1.165, 1.54) is 0 Å². The van der Waals surface area contributed by atoms with Gasteiger partial charge < -0.3 is 10.9 Å². The predicted molar refractivity (Wildman–Crippen MR) is 85.0 cm³/mol. The van der Waals surface area contributed by atoms with E-state index in [0.29, 0.717) is 5.56 Å². The lowest BCUT2D eigenvalue weighted by Gasteiger charge is -2.13. The smallest absolute Gasteiger partial charge is 0.173 e. The van der Waals surface area contributed by atoms with Gasteiger partial charge in [-0.2, -0.15) is 5.10 Å². The summed E-state index contributed by atoms with van der Waals surface area (Å²) in [6.07, 6.45) is 1.95. The summed E-state index contributed by atoms with van der Waals surface area (Å²) in [7, 11) is 0. The SMILES string of the molecule is CSc1cccc(-n2nc(C)c(Br)c2C)c1/C(N)=N/O. The Balaban J connectivity index is 2.77. The molecular weight excluding hydrogens is 340 g/mol. The minimum Gasteiger partial charge on any atom is -0.409 e. The highest BCUT2D eigenvalue weighted by atomic mass is 79.9. The fourth-order valence-corrected chi connectivity index (χ4v) is 2.91. The average Bonchev–Trinajstić information content (AvgIpc) is 2.73. The van der Waals surface area contributed by atoms with Crippen LogP contribution in [-0.4, -0.2) is 27.1 Å². The molecule has 0 bridgehead atoms. The van der Waals surface area contributed by atoms with E-state index in [0.717, 1.165) is 26.4 Å². The van der Waals surface area contributed by atoms with Gasteiger partial charge in [-0.3, -0.25) is 0 Å². The number of nitrogens with zero attached hydrogens (tertiary/aromatic N) is 3. The van der Waals surface area contributed by atoms with Gasteiger partial charge in [0, 0.05) is 4.90 Å². The van der Waals surface area contributed by atoms with Gasteiger partial charge in [0.1, 0.15) is 0 Å². The van der Waals surface area contributed by atoms with Crippen molar-refractivity contribution in [3.63, 3.8) is 0 Å². The van der Waals surface area contributed by atoms with Crippen LogP contribution in [0.2, 0.25) is 0 Å². The van der Waals surface area contributed by atoms with Gasteiger partial charge in [-0.25, -0.2) is 4.68 Å². The van der Waals surface area contributed by atoms with Crippen molar-refractivity contribution in [2.75, 3.05) is 6.26 Å². The number of thioether (sulfide) groups is 1. The second kappa shape index (κ2) is 5.88. The molecule has 0 amide bonds. The standard InChI is InChI=1S/C13H15BrN4OS/c1-7-12(14)8(2)18(16-7)9-5-4-6-10(20-3)11(9)13(15)17-19/h4-6,19H,1-3H3,(H2,15,17). The first-order valence-corrected chi connectivity index (χ1v) is 7.90. The third-order valence-corrected chi connectivity index (χ3v) is 4.95. The van der Waals surface area contributed by atoms with Gasteiger partial charge >= 0.3 is 0 Å². The Bertz CT molecular complexity index is 681. The topological polar surface area (TPSA) is 76.4 Å². The molecule has 3 N–H and O–H groups in total. The van der Waals surface area contributed by atoms with Gasteiger partial charge in [0.25, 0.3) is 0 Å². The Labute approximate surface area is 130 Å². The van der Waals surface area contributed by atoms with Crippen molar-refractivity contribution in [3.05, 3.63) is 39.6 Å². The Morgan fingerprint density at radius 3 is 2.65 bits per heavy atom. The zero-order valence-corrected chi connectivity index (χ0v) is 13.8. The summed E-state index contributed by atoms with van der Waals surface area (Å²) >= 11 is 5.05. The third-order valence-electron chi connectivity index (χ3n) is 3.02. The van der Waals surface area contributed by atoms with Crippen LogP contribution in [0, 0.1) is 13.8 Å². The molecular formula is C13H15BrN4OS. The van der Waals surface area contributed by atoms with E-state index in [-0.39, 0.29) is 5.84 Å². The van der Waals surface area contributed by atoms with E-state index < -0.39 is 0 Å². The van der Waals surface area contributed by atoms with Gasteiger partial charge in [0.05, 0.1) is 27.1 Å². The molecule has 0 aliphatic heterocycles. The molecule has 7 heteroatoms. The third kappa shape index (κ3) is 2.43. The molecule has 5 nitrogen and oxygen atoms in total. The highest BCUT2D eigenvalue weighted by Gasteiger charge is 2.18. The van der Waals surface area contributed by atoms with E-state index >= 15 is 0 Å². The van der Waals surface area contributed by atoms with Crippen molar-refractivity contribution in [3.8, 4) is 5.69 Å². The van der Waals surface area contributed by atoms with Crippen LogP contribution in [0.5, 0.6) is 0 Å². The Morgan fingerprint density at radius 1 is 1.45 bits per heavy atom. The molecule has 0 saturated carbocycles. The maximum Gasteiger partial charge on any atom is 0.173 e. The van der Waals surface area contributed by atoms with Gasteiger partial charge in [0.15, 0.2) is 5.84 Å². The first kappa shape index (κ1) is 14.9. The van der Waals surface area contributed by atoms with Crippen molar-refractivity contribution >= 4 is 33.5 Å². The van der Waals surface area contributed by atoms with Crippen molar-refractivity contribution in [2.24, 2.45) is 10.9 Å². The fourth-order valence-electron chi connectivity index (χ4n) is 2.03. The molecule has 1 aromatic carbocycles. The average molecular weight is 355 g/mol. The highest BCUT2D eigenvalue weighted by molar-refractivity contribution is 9.10. The molecule has 0 radical (unpaired) electrons. The minimum atomic E-state index is 0.0774. The number of halogens is 1. The largest absolute Gasteiger partial charge is 0.409 e. The monoisotopic (exact) mass is 354 g/mol. The molecule has 0 aliphatic carbocycles. The first-order chi connectivity index (χ1) is 9.51. The van der Waals surface area contributed by atoms with Crippen molar-refractivity contribution < 1.29 is 5.21 Å². The minimum absolute atomic E-state index is 0.0774. The number of hydrogen-bond acceptors (Lipinski definition) is 4. The lowest BCUT2D eigenvalue weighted by Crippen LogP contribution is -2.18. The molecule has 0 unspecified atom stereocenters. The van der Waals surface area contributed by atoms with Crippen LogP contribution in [0.25, 0.3) is 5.69 Å². The van der Waals surface area contributed by atoms with E-state index in [1.807, 2.05) is 38.3 Å². The van der Waals surface area contributed by atoms with Gasteiger partial charge in [0.2, 0.25) is 0 Å². The molecule has 1 aromatic heterocycles. The summed E-state index contributed by atoms with van der Waals surface area (Å²) < 4.78 is 2.75. The molecule has 0 aliphatic rings.